The molecular weight excluding hydrogens is 156 g/mol. The number of ether oxygens (including phenoxy) is 1. The largest absolute Gasteiger partial charge is 0.432 e. The molecule has 3 nitrogen and oxygen atoms in total. The molecule has 1 aromatic carbocycles. The van der Waals surface area contributed by atoms with E-state index in [1.165, 1.54) is 0 Å². The van der Waals surface area contributed by atoms with Crippen LogP contribution >= 0.6 is 0 Å². The lowest BCUT2D eigenvalue weighted by atomic mass is 10.0. The molecule has 1 N–H and O–H groups in total. The highest BCUT2D eigenvalue weighted by atomic mass is 16.6. The maximum Gasteiger partial charge on any atom is 0.340 e. The van der Waals surface area contributed by atoms with E-state index in [0.29, 0.717) is 12.0 Å². The quantitative estimate of drug-likeness (QED) is 0.574. The summed E-state index contributed by atoms with van der Waals surface area (Å²) >= 11 is 0. The number of aliphatic hydroxyl groups is 1. The average molecular weight is 164 g/mol. The van der Waals surface area contributed by atoms with Crippen molar-refractivity contribution >= 4 is 5.97 Å². The van der Waals surface area contributed by atoms with Crippen molar-refractivity contribution in [1.82, 2.24) is 0 Å². The Hall–Kier alpha value is -1.35. The zero-order chi connectivity index (χ0) is 8.55. The van der Waals surface area contributed by atoms with Gasteiger partial charge < -0.3 is 9.84 Å². The van der Waals surface area contributed by atoms with Crippen LogP contribution in [0.4, 0.5) is 0 Å². The Labute approximate surface area is 69.6 Å². The molecule has 3 heteroatoms. The number of carbonyl (C=O) groups is 1. The SMILES string of the molecule is O=C1O[C@@H](O)Cc2ccccc21. The molecule has 0 radical (unpaired) electrons. The maximum absolute atomic E-state index is 11.1. The van der Waals surface area contributed by atoms with Crippen molar-refractivity contribution in [2.75, 3.05) is 0 Å². The molecule has 0 unspecified atom stereocenters. The number of rotatable bonds is 0. The summed E-state index contributed by atoms with van der Waals surface area (Å²) in [7, 11) is 0. The molecule has 0 fully saturated rings. The van der Waals surface area contributed by atoms with Gasteiger partial charge in [-0.3, -0.25) is 0 Å². The van der Waals surface area contributed by atoms with Gasteiger partial charge in [0.2, 0.25) is 6.29 Å². The summed E-state index contributed by atoms with van der Waals surface area (Å²) < 4.78 is 4.63. The van der Waals surface area contributed by atoms with E-state index in [9.17, 15) is 4.79 Å². The fraction of sp³-hybridized carbons (Fsp3) is 0.222. The van der Waals surface area contributed by atoms with Crippen LogP contribution in [0.25, 0.3) is 0 Å². The second kappa shape index (κ2) is 2.60. The van der Waals surface area contributed by atoms with Gasteiger partial charge in [0.1, 0.15) is 0 Å². The van der Waals surface area contributed by atoms with E-state index >= 15 is 0 Å². The molecule has 12 heavy (non-hydrogen) atoms. The van der Waals surface area contributed by atoms with Gasteiger partial charge in [0.25, 0.3) is 0 Å². The molecule has 2 rings (SSSR count). The second-order valence-corrected chi connectivity index (χ2v) is 2.72. The van der Waals surface area contributed by atoms with Crippen molar-refractivity contribution < 1.29 is 14.6 Å². The van der Waals surface area contributed by atoms with Crippen molar-refractivity contribution in [1.29, 1.82) is 0 Å². The lowest BCUT2D eigenvalue weighted by Gasteiger charge is -2.19. The summed E-state index contributed by atoms with van der Waals surface area (Å²) in [5.41, 5.74) is 1.41. The second-order valence-electron chi connectivity index (χ2n) is 2.72. The van der Waals surface area contributed by atoms with Gasteiger partial charge in [0.05, 0.1) is 5.56 Å². The Morgan fingerprint density at radius 3 is 3.00 bits per heavy atom. The summed E-state index contributed by atoms with van der Waals surface area (Å²) in [5.74, 6) is -0.440. The minimum Gasteiger partial charge on any atom is -0.432 e. The van der Waals surface area contributed by atoms with E-state index in [4.69, 9.17) is 5.11 Å². The van der Waals surface area contributed by atoms with Crippen LogP contribution in [-0.4, -0.2) is 17.4 Å². The van der Waals surface area contributed by atoms with E-state index in [1.54, 1.807) is 12.1 Å². The number of aliphatic hydroxyl groups excluding tert-OH is 1. The van der Waals surface area contributed by atoms with Crippen LogP contribution in [0.2, 0.25) is 0 Å². The first-order chi connectivity index (χ1) is 5.77. The molecule has 0 spiro atoms. The maximum atomic E-state index is 11.1. The summed E-state index contributed by atoms with van der Waals surface area (Å²) in [6, 6.07) is 7.13. The lowest BCUT2D eigenvalue weighted by molar-refractivity contribution is -0.0687. The number of benzene rings is 1. The molecule has 0 aromatic heterocycles. The summed E-state index contributed by atoms with van der Waals surface area (Å²) in [4.78, 5) is 11.1. The highest BCUT2D eigenvalue weighted by Crippen LogP contribution is 2.18. The molecule has 62 valence electrons. The van der Waals surface area contributed by atoms with Crippen LogP contribution in [0.3, 0.4) is 0 Å². The predicted octanol–water partition coefficient (Wildman–Crippen LogP) is 0.718. The molecule has 0 amide bonds. The van der Waals surface area contributed by atoms with E-state index in [0.717, 1.165) is 5.56 Å². The Bertz CT molecular complexity index is 319. The van der Waals surface area contributed by atoms with Crippen LogP contribution in [0.5, 0.6) is 0 Å². The number of hydrogen-bond donors (Lipinski definition) is 1. The zero-order valence-electron chi connectivity index (χ0n) is 6.36. The molecule has 1 aromatic rings. The highest BCUT2D eigenvalue weighted by molar-refractivity contribution is 5.92. The van der Waals surface area contributed by atoms with Gasteiger partial charge in [-0.25, -0.2) is 4.79 Å². The summed E-state index contributed by atoms with van der Waals surface area (Å²) in [6.45, 7) is 0. The van der Waals surface area contributed by atoms with E-state index in [1.807, 2.05) is 12.1 Å². The Morgan fingerprint density at radius 1 is 1.42 bits per heavy atom. The van der Waals surface area contributed by atoms with Gasteiger partial charge in [-0.1, -0.05) is 18.2 Å². The van der Waals surface area contributed by atoms with Gasteiger partial charge in [-0.15, -0.1) is 0 Å². The fourth-order valence-corrected chi connectivity index (χ4v) is 1.31. The first-order valence-electron chi connectivity index (χ1n) is 3.74. The molecule has 0 saturated carbocycles. The Kier molecular flexibility index (Phi) is 1.59. The lowest BCUT2D eigenvalue weighted by Crippen LogP contribution is -2.26. The van der Waals surface area contributed by atoms with Crippen molar-refractivity contribution in [2.45, 2.75) is 12.7 Å². The normalized spacial score (nSPS) is 21.4. The van der Waals surface area contributed by atoms with E-state index < -0.39 is 12.3 Å². The van der Waals surface area contributed by atoms with Gasteiger partial charge in [0, 0.05) is 6.42 Å². The third-order valence-corrected chi connectivity index (χ3v) is 1.87. The van der Waals surface area contributed by atoms with Gasteiger partial charge >= 0.3 is 5.97 Å². The van der Waals surface area contributed by atoms with Crippen LogP contribution < -0.4 is 0 Å². The number of carbonyl (C=O) groups excluding carboxylic acids is 1. The molecule has 1 heterocycles. The molecule has 1 atom stereocenters. The van der Waals surface area contributed by atoms with Gasteiger partial charge in [-0.05, 0) is 11.6 Å². The average Bonchev–Trinajstić information content (AvgIpc) is 2.04. The van der Waals surface area contributed by atoms with Crippen molar-refractivity contribution in [3.8, 4) is 0 Å². The third-order valence-electron chi connectivity index (χ3n) is 1.87. The van der Waals surface area contributed by atoms with Crippen molar-refractivity contribution in [3.63, 3.8) is 0 Å². The highest BCUT2D eigenvalue weighted by Gasteiger charge is 2.23. The smallest absolute Gasteiger partial charge is 0.340 e. The first-order valence-corrected chi connectivity index (χ1v) is 3.74. The van der Waals surface area contributed by atoms with Crippen LogP contribution in [0.15, 0.2) is 24.3 Å². The monoisotopic (exact) mass is 164 g/mol. The Morgan fingerprint density at radius 2 is 2.17 bits per heavy atom. The standard InChI is InChI=1S/C9H8O3/c10-8-5-6-3-1-2-4-7(6)9(11)12-8/h1-4,8,10H,5H2/t8-/m1/s1. The van der Waals surface area contributed by atoms with Gasteiger partial charge in [0.15, 0.2) is 0 Å². The number of cyclic esters (lactones) is 1. The first kappa shape index (κ1) is 7.31. The predicted molar refractivity (Wildman–Crippen MR) is 41.6 cm³/mol. The van der Waals surface area contributed by atoms with Crippen LogP contribution in [0, 0.1) is 0 Å². The van der Waals surface area contributed by atoms with Crippen LogP contribution in [0.1, 0.15) is 15.9 Å². The fourth-order valence-electron chi connectivity index (χ4n) is 1.31. The summed E-state index contributed by atoms with van der Waals surface area (Å²) in [5, 5.41) is 9.08. The number of fused-ring (bicyclic) bond motifs is 1. The zero-order valence-corrected chi connectivity index (χ0v) is 6.36. The molecule has 0 saturated heterocycles. The minimum atomic E-state index is -0.979. The molecule has 0 bridgehead atoms. The summed E-state index contributed by atoms with van der Waals surface area (Å²) in [6.07, 6.45) is -0.588. The van der Waals surface area contributed by atoms with E-state index in [-0.39, 0.29) is 0 Å². The molecule has 0 aliphatic carbocycles. The van der Waals surface area contributed by atoms with Crippen LogP contribution in [-0.2, 0) is 11.2 Å². The number of hydrogen-bond acceptors (Lipinski definition) is 3. The van der Waals surface area contributed by atoms with E-state index in [2.05, 4.69) is 4.74 Å². The third kappa shape index (κ3) is 1.08. The molecular formula is C9H8O3. The Balaban J connectivity index is 2.47. The topological polar surface area (TPSA) is 46.5 Å². The minimum absolute atomic E-state index is 0.391. The molecule has 1 aliphatic rings. The van der Waals surface area contributed by atoms with Crippen molar-refractivity contribution in [3.05, 3.63) is 35.4 Å². The van der Waals surface area contributed by atoms with Gasteiger partial charge in [-0.2, -0.15) is 0 Å². The molecule has 1 aliphatic heterocycles. The number of esters is 1. The van der Waals surface area contributed by atoms with Crippen molar-refractivity contribution in [2.24, 2.45) is 0 Å².